The molecule has 100 valence electrons. The first kappa shape index (κ1) is 13.7. The van der Waals surface area contributed by atoms with Crippen molar-refractivity contribution < 1.29 is 0 Å². The third-order valence-electron chi connectivity index (χ3n) is 3.42. The van der Waals surface area contributed by atoms with Gasteiger partial charge in [-0.05, 0) is 51.4 Å². The van der Waals surface area contributed by atoms with Crippen LogP contribution in [0.25, 0.3) is 10.9 Å². The van der Waals surface area contributed by atoms with Crippen LogP contribution in [-0.2, 0) is 13.0 Å². The fraction of sp³-hybridized carbons (Fsp3) is 0.412. The highest BCUT2D eigenvalue weighted by Gasteiger charge is 2.06. The Bertz CT molecular complexity index is 584. The summed E-state index contributed by atoms with van der Waals surface area (Å²) in [7, 11) is 2.01. The van der Waals surface area contributed by atoms with Crippen LogP contribution in [0.15, 0.2) is 30.5 Å². The summed E-state index contributed by atoms with van der Waals surface area (Å²) in [6, 6.07) is 8.63. The molecule has 0 aliphatic heterocycles. The molecule has 0 amide bonds. The van der Waals surface area contributed by atoms with Crippen molar-refractivity contribution >= 4 is 10.9 Å². The number of benzene rings is 1. The minimum Gasteiger partial charge on any atom is -0.336 e. The van der Waals surface area contributed by atoms with E-state index in [4.69, 9.17) is 0 Å². The van der Waals surface area contributed by atoms with Crippen LogP contribution in [0.4, 0.5) is 0 Å². The first-order valence-corrected chi connectivity index (χ1v) is 6.97. The zero-order valence-electron chi connectivity index (χ0n) is 11.9. The van der Waals surface area contributed by atoms with Crippen LogP contribution in [0.5, 0.6) is 0 Å². The number of hydrogen-bond donors (Lipinski definition) is 1. The molecule has 0 spiro atoms. The van der Waals surface area contributed by atoms with E-state index in [0.29, 0.717) is 0 Å². The Balaban J connectivity index is 2.19. The van der Waals surface area contributed by atoms with Gasteiger partial charge in [-0.15, -0.1) is 5.92 Å². The van der Waals surface area contributed by atoms with Gasteiger partial charge >= 0.3 is 0 Å². The van der Waals surface area contributed by atoms with Crippen molar-refractivity contribution in [2.24, 2.45) is 0 Å². The van der Waals surface area contributed by atoms with Crippen LogP contribution in [-0.4, -0.2) is 18.2 Å². The van der Waals surface area contributed by atoms with Crippen molar-refractivity contribution in [1.29, 1.82) is 0 Å². The summed E-state index contributed by atoms with van der Waals surface area (Å²) in [4.78, 5) is 0. The Hall–Kier alpha value is -1.72. The molecule has 0 aliphatic rings. The zero-order valence-corrected chi connectivity index (χ0v) is 11.9. The molecule has 19 heavy (non-hydrogen) atoms. The number of nitrogens with zero attached hydrogens (tertiary/aromatic N) is 1. The molecule has 1 N–H and O–H groups in total. The molecule has 0 atom stereocenters. The molecule has 2 rings (SSSR count). The number of unbranched alkanes of at least 4 members (excludes halogenated alkanes) is 1. The van der Waals surface area contributed by atoms with Crippen LogP contribution in [0.2, 0.25) is 0 Å². The second-order valence-electron chi connectivity index (χ2n) is 4.79. The van der Waals surface area contributed by atoms with E-state index >= 15 is 0 Å². The normalized spacial score (nSPS) is 10.4. The fourth-order valence-corrected chi connectivity index (χ4v) is 2.43. The second kappa shape index (κ2) is 7.01. The van der Waals surface area contributed by atoms with Gasteiger partial charge in [0.15, 0.2) is 0 Å². The molecule has 2 nitrogen and oxygen atoms in total. The maximum atomic E-state index is 3.20. The summed E-state index contributed by atoms with van der Waals surface area (Å²) < 4.78 is 2.26. The minimum atomic E-state index is 0.785. The first-order chi connectivity index (χ1) is 9.36. The van der Waals surface area contributed by atoms with Gasteiger partial charge in [-0.3, -0.25) is 0 Å². The Kier molecular flexibility index (Phi) is 5.06. The standard InChI is InChI=1S/C17H22N2/c1-3-4-13-19-14-15(9-7-8-12-18-2)16-10-5-6-11-17(16)19/h5-6,10-11,14,18H,7-9,12-13H2,1-2H3. The third kappa shape index (κ3) is 3.39. The van der Waals surface area contributed by atoms with Gasteiger partial charge in [-0.2, -0.15) is 0 Å². The summed E-state index contributed by atoms with van der Waals surface area (Å²) >= 11 is 0. The Labute approximate surface area is 115 Å². The predicted octanol–water partition coefficient (Wildman–Crippen LogP) is 3.21. The molecule has 0 fully saturated rings. The topological polar surface area (TPSA) is 17.0 Å². The average Bonchev–Trinajstić information content (AvgIpc) is 2.80. The Morgan fingerprint density at radius 1 is 1.21 bits per heavy atom. The largest absolute Gasteiger partial charge is 0.336 e. The van der Waals surface area contributed by atoms with E-state index in [1.165, 1.54) is 29.3 Å². The predicted molar refractivity (Wildman–Crippen MR) is 82.3 cm³/mol. The van der Waals surface area contributed by atoms with E-state index in [1.807, 2.05) is 14.0 Å². The number of fused-ring (bicyclic) bond motifs is 1. The third-order valence-corrected chi connectivity index (χ3v) is 3.42. The summed E-state index contributed by atoms with van der Waals surface area (Å²) in [5, 5.41) is 4.58. The molecular weight excluding hydrogens is 232 g/mol. The van der Waals surface area contributed by atoms with Crippen LogP contribution in [0.1, 0.15) is 25.3 Å². The summed E-state index contributed by atoms with van der Waals surface area (Å²) in [5.41, 5.74) is 2.75. The molecule has 2 heteroatoms. The van der Waals surface area contributed by atoms with E-state index in [0.717, 1.165) is 19.5 Å². The molecule has 1 heterocycles. The smallest absolute Gasteiger partial charge is 0.0837 e. The van der Waals surface area contributed by atoms with E-state index in [9.17, 15) is 0 Å². The molecule has 2 aromatic rings. The van der Waals surface area contributed by atoms with Gasteiger partial charge in [0, 0.05) is 17.1 Å². The van der Waals surface area contributed by atoms with E-state index in [-0.39, 0.29) is 0 Å². The highest BCUT2D eigenvalue weighted by Crippen LogP contribution is 2.22. The van der Waals surface area contributed by atoms with Crippen LogP contribution in [0, 0.1) is 11.8 Å². The van der Waals surface area contributed by atoms with E-state index in [2.05, 4.69) is 52.2 Å². The molecule has 0 radical (unpaired) electrons. The van der Waals surface area contributed by atoms with Gasteiger partial charge in [0.25, 0.3) is 0 Å². The molecule has 1 aromatic heterocycles. The van der Waals surface area contributed by atoms with Crippen LogP contribution >= 0.6 is 0 Å². The van der Waals surface area contributed by atoms with Gasteiger partial charge in [0.05, 0.1) is 6.54 Å². The van der Waals surface area contributed by atoms with Crippen molar-refractivity contribution in [1.82, 2.24) is 9.88 Å². The number of nitrogens with one attached hydrogen (secondary N) is 1. The van der Waals surface area contributed by atoms with Crippen LogP contribution in [0.3, 0.4) is 0 Å². The van der Waals surface area contributed by atoms with Gasteiger partial charge < -0.3 is 9.88 Å². The number of aromatic nitrogens is 1. The molecule has 0 saturated heterocycles. The number of hydrogen-bond acceptors (Lipinski definition) is 1. The van der Waals surface area contributed by atoms with E-state index < -0.39 is 0 Å². The van der Waals surface area contributed by atoms with Crippen molar-refractivity contribution in [3.8, 4) is 11.8 Å². The van der Waals surface area contributed by atoms with Crippen molar-refractivity contribution in [3.05, 3.63) is 36.0 Å². The lowest BCUT2D eigenvalue weighted by atomic mass is 10.1. The Morgan fingerprint density at radius 3 is 2.84 bits per heavy atom. The summed E-state index contributed by atoms with van der Waals surface area (Å²) in [6.07, 6.45) is 5.88. The monoisotopic (exact) mass is 254 g/mol. The summed E-state index contributed by atoms with van der Waals surface area (Å²) in [5.74, 6) is 6.12. The highest BCUT2D eigenvalue weighted by molar-refractivity contribution is 5.84. The molecule has 0 unspecified atom stereocenters. The first-order valence-electron chi connectivity index (χ1n) is 6.97. The van der Waals surface area contributed by atoms with Gasteiger partial charge in [-0.1, -0.05) is 24.1 Å². The molecule has 0 bridgehead atoms. The van der Waals surface area contributed by atoms with Gasteiger partial charge in [0.2, 0.25) is 0 Å². The van der Waals surface area contributed by atoms with Crippen molar-refractivity contribution in [2.45, 2.75) is 32.7 Å². The fourth-order valence-electron chi connectivity index (χ4n) is 2.43. The maximum Gasteiger partial charge on any atom is 0.0837 e. The molecular formula is C17H22N2. The summed E-state index contributed by atoms with van der Waals surface area (Å²) in [6.45, 7) is 3.78. The van der Waals surface area contributed by atoms with Crippen molar-refractivity contribution in [3.63, 3.8) is 0 Å². The Morgan fingerprint density at radius 2 is 2.05 bits per heavy atom. The second-order valence-corrected chi connectivity index (χ2v) is 4.79. The van der Waals surface area contributed by atoms with Gasteiger partial charge in [-0.25, -0.2) is 0 Å². The molecule has 1 aromatic carbocycles. The van der Waals surface area contributed by atoms with E-state index in [1.54, 1.807) is 0 Å². The number of aryl methyl sites for hydroxylation is 1. The quantitative estimate of drug-likeness (QED) is 0.619. The number of rotatable bonds is 6. The average molecular weight is 254 g/mol. The lowest BCUT2D eigenvalue weighted by molar-refractivity contribution is 0.677. The highest BCUT2D eigenvalue weighted by atomic mass is 14.9. The van der Waals surface area contributed by atoms with Crippen molar-refractivity contribution in [2.75, 3.05) is 13.6 Å². The molecule has 0 saturated carbocycles. The SMILES string of the molecule is CC#CCn1cc(CCCCNC)c2ccccc21. The van der Waals surface area contributed by atoms with Crippen LogP contribution < -0.4 is 5.32 Å². The van der Waals surface area contributed by atoms with Gasteiger partial charge in [0.1, 0.15) is 0 Å². The minimum absolute atomic E-state index is 0.785. The number of para-hydroxylation sites is 1. The maximum absolute atomic E-state index is 3.20. The lowest BCUT2D eigenvalue weighted by Gasteiger charge is -1.99. The molecule has 0 aliphatic carbocycles. The zero-order chi connectivity index (χ0) is 13.5. The lowest BCUT2D eigenvalue weighted by Crippen LogP contribution is -2.07.